The number of rotatable bonds is 4. The van der Waals surface area contributed by atoms with Gasteiger partial charge in [0.1, 0.15) is 0 Å². The molecule has 1 aromatic heterocycles. The molecule has 0 radical (unpaired) electrons. The minimum Gasteiger partial charge on any atom is -0.258 e. The molecule has 6 heteroatoms. The summed E-state index contributed by atoms with van der Waals surface area (Å²) >= 11 is 1.32. The summed E-state index contributed by atoms with van der Waals surface area (Å²) in [5, 5.41) is 20.1. The number of nitro groups is 1. The summed E-state index contributed by atoms with van der Waals surface area (Å²) < 4.78 is 0. The molecule has 2 aromatic rings. The Kier molecular flexibility index (Phi) is 3.78. The summed E-state index contributed by atoms with van der Waals surface area (Å²) in [6.45, 7) is 2.37. The van der Waals surface area contributed by atoms with Gasteiger partial charge < -0.3 is 0 Å². The third kappa shape index (κ3) is 3.21. The van der Waals surface area contributed by atoms with Crippen molar-refractivity contribution < 1.29 is 4.92 Å². The number of hydrogen-bond acceptors (Lipinski definition) is 5. The molecule has 0 saturated carbocycles. The van der Waals surface area contributed by atoms with E-state index < -0.39 is 4.92 Å². The fraction of sp³-hybridized carbons (Fsp3) is 0.167. The fourth-order valence-electron chi connectivity index (χ4n) is 1.35. The van der Waals surface area contributed by atoms with Gasteiger partial charge in [-0.2, -0.15) is 10.2 Å². The molecule has 0 fully saturated rings. The summed E-state index contributed by atoms with van der Waals surface area (Å²) in [4.78, 5) is 10.9. The highest BCUT2D eigenvalue weighted by atomic mass is 32.1. The van der Waals surface area contributed by atoms with E-state index in [0.29, 0.717) is 6.54 Å². The van der Waals surface area contributed by atoms with Gasteiger partial charge in [-0.3, -0.25) is 10.1 Å². The van der Waals surface area contributed by atoms with Crippen LogP contribution < -0.4 is 0 Å². The highest BCUT2D eigenvalue weighted by Gasteiger charge is 2.08. The van der Waals surface area contributed by atoms with E-state index in [1.807, 2.05) is 31.2 Å². The fourth-order valence-corrected chi connectivity index (χ4v) is 2.09. The summed E-state index contributed by atoms with van der Waals surface area (Å²) in [7, 11) is 0. The SMILES string of the molecule is Cc1ccc(N=NCc2cc([N+](=O)[O-])cs2)cc1. The van der Waals surface area contributed by atoms with Gasteiger partial charge in [0.25, 0.3) is 5.69 Å². The van der Waals surface area contributed by atoms with Crippen molar-refractivity contribution in [3.8, 4) is 0 Å². The molecular formula is C12H11N3O2S. The van der Waals surface area contributed by atoms with Crippen LogP contribution in [-0.2, 0) is 6.54 Å². The van der Waals surface area contributed by atoms with Crippen molar-refractivity contribution in [2.45, 2.75) is 13.5 Å². The lowest BCUT2D eigenvalue weighted by Gasteiger charge is -1.93. The third-order valence-corrected chi connectivity index (χ3v) is 3.21. The highest BCUT2D eigenvalue weighted by molar-refractivity contribution is 7.10. The van der Waals surface area contributed by atoms with Crippen LogP contribution in [0, 0.1) is 17.0 Å². The van der Waals surface area contributed by atoms with E-state index in [1.54, 1.807) is 0 Å². The molecule has 1 aromatic carbocycles. The molecule has 0 bridgehead atoms. The van der Waals surface area contributed by atoms with E-state index in [9.17, 15) is 10.1 Å². The first-order chi connectivity index (χ1) is 8.65. The largest absolute Gasteiger partial charge is 0.280 e. The standard InChI is InChI=1S/C12H11N3O2S/c1-9-2-4-10(5-3-9)14-13-7-12-6-11(8-18-12)15(16)17/h2-6,8H,7H2,1H3. The predicted octanol–water partition coefficient (Wildman–Crippen LogP) is 4.25. The summed E-state index contributed by atoms with van der Waals surface area (Å²) in [5.74, 6) is 0. The molecular weight excluding hydrogens is 250 g/mol. The van der Waals surface area contributed by atoms with Gasteiger partial charge in [0.2, 0.25) is 0 Å². The molecule has 0 saturated heterocycles. The molecule has 0 unspecified atom stereocenters. The van der Waals surface area contributed by atoms with E-state index in [4.69, 9.17) is 0 Å². The lowest BCUT2D eigenvalue weighted by Crippen LogP contribution is -1.83. The molecule has 0 atom stereocenters. The van der Waals surface area contributed by atoms with Crippen LogP contribution in [0.4, 0.5) is 11.4 Å². The Morgan fingerprint density at radius 2 is 2.06 bits per heavy atom. The number of aryl methyl sites for hydroxylation is 1. The molecule has 92 valence electrons. The lowest BCUT2D eigenvalue weighted by atomic mass is 10.2. The van der Waals surface area contributed by atoms with Crippen LogP contribution in [0.3, 0.4) is 0 Å². The smallest absolute Gasteiger partial charge is 0.258 e. The first-order valence-electron chi connectivity index (χ1n) is 5.31. The van der Waals surface area contributed by atoms with Gasteiger partial charge in [0.05, 0.1) is 22.5 Å². The van der Waals surface area contributed by atoms with Crippen LogP contribution >= 0.6 is 11.3 Å². The van der Waals surface area contributed by atoms with Crippen molar-refractivity contribution >= 4 is 22.7 Å². The van der Waals surface area contributed by atoms with Crippen molar-refractivity contribution in [1.82, 2.24) is 0 Å². The first kappa shape index (κ1) is 12.4. The summed E-state index contributed by atoms with van der Waals surface area (Å²) in [5.41, 5.74) is 2.06. The molecule has 18 heavy (non-hydrogen) atoms. The maximum Gasteiger partial charge on any atom is 0.280 e. The van der Waals surface area contributed by atoms with Crippen molar-refractivity contribution in [2.24, 2.45) is 10.2 Å². The van der Waals surface area contributed by atoms with Crippen molar-refractivity contribution in [3.05, 3.63) is 56.3 Å². The second-order valence-corrected chi connectivity index (χ2v) is 4.76. The van der Waals surface area contributed by atoms with Crippen LogP contribution in [0.25, 0.3) is 0 Å². The van der Waals surface area contributed by atoms with Gasteiger partial charge in [-0.15, -0.1) is 11.3 Å². The Labute approximate surface area is 108 Å². The quantitative estimate of drug-likeness (QED) is 0.469. The molecule has 0 spiro atoms. The Morgan fingerprint density at radius 1 is 1.33 bits per heavy atom. The van der Waals surface area contributed by atoms with Crippen LogP contribution in [0.1, 0.15) is 10.4 Å². The molecule has 5 nitrogen and oxygen atoms in total. The number of azo groups is 1. The Balaban J connectivity index is 1.98. The maximum atomic E-state index is 10.5. The number of nitrogens with zero attached hydrogens (tertiary/aromatic N) is 3. The van der Waals surface area contributed by atoms with Crippen molar-refractivity contribution in [2.75, 3.05) is 0 Å². The van der Waals surface area contributed by atoms with Gasteiger partial charge in [-0.1, -0.05) is 17.7 Å². The minimum atomic E-state index is -0.406. The zero-order chi connectivity index (χ0) is 13.0. The highest BCUT2D eigenvalue weighted by Crippen LogP contribution is 2.22. The molecule has 0 aliphatic heterocycles. The number of thiophene rings is 1. The lowest BCUT2D eigenvalue weighted by molar-refractivity contribution is -0.384. The zero-order valence-electron chi connectivity index (χ0n) is 9.74. The van der Waals surface area contributed by atoms with Crippen molar-refractivity contribution in [1.29, 1.82) is 0 Å². The molecule has 0 amide bonds. The molecule has 2 rings (SSSR count). The Bertz CT molecular complexity index is 575. The van der Waals surface area contributed by atoms with Crippen LogP contribution in [0.5, 0.6) is 0 Å². The Hall–Kier alpha value is -2.08. The number of benzene rings is 1. The van der Waals surface area contributed by atoms with E-state index in [2.05, 4.69) is 10.2 Å². The molecule has 0 N–H and O–H groups in total. The van der Waals surface area contributed by atoms with E-state index in [-0.39, 0.29) is 5.69 Å². The van der Waals surface area contributed by atoms with Gasteiger partial charge in [0, 0.05) is 10.9 Å². The topological polar surface area (TPSA) is 67.9 Å². The Morgan fingerprint density at radius 3 is 2.67 bits per heavy atom. The van der Waals surface area contributed by atoms with Crippen LogP contribution in [0.15, 0.2) is 45.9 Å². The summed E-state index contributed by atoms with van der Waals surface area (Å²) in [6, 6.07) is 9.22. The second kappa shape index (κ2) is 5.50. The van der Waals surface area contributed by atoms with Gasteiger partial charge in [0.15, 0.2) is 0 Å². The van der Waals surface area contributed by atoms with E-state index in [0.717, 1.165) is 10.6 Å². The number of hydrogen-bond donors (Lipinski definition) is 0. The van der Waals surface area contributed by atoms with E-state index in [1.165, 1.54) is 28.3 Å². The van der Waals surface area contributed by atoms with Gasteiger partial charge in [-0.05, 0) is 19.1 Å². The van der Waals surface area contributed by atoms with Crippen LogP contribution in [0.2, 0.25) is 0 Å². The average Bonchev–Trinajstić information content (AvgIpc) is 2.81. The normalized spacial score (nSPS) is 10.9. The van der Waals surface area contributed by atoms with E-state index >= 15 is 0 Å². The van der Waals surface area contributed by atoms with Crippen LogP contribution in [-0.4, -0.2) is 4.92 Å². The predicted molar refractivity (Wildman–Crippen MR) is 70.4 cm³/mol. The first-order valence-corrected chi connectivity index (χ1v) is 6.19. The monoisotopic (exact) mass is 261 g/mol. The average molecular weight is 261 g/mol. The maximum absolute atomic E-state index is 10.5. The minimum absolute atomic E-state index is 0.112. The van der Waals surface area contributed by atoms with Crippen molar-refractivity contribution in [3.63, 3.8) is 0 Å². The van der Waals surface area contributed by atoms with Gasteiger partial charge in [-0.25, -0.2) is 0 Å². The molecule has 0 aliphatic rings. The molecule has 0 aliphatic carbocycles. The zero-order valence-corrected chi connectivity index (χ0v) is 10.6. The molecule has 1 heterocycles. The summed E-state index contributed by atoms with van der Waals surface area (Å²) in [6.07, 6.45) is 0. The second-order valence-electron chi connectivity index (χ2n) is 3.76. The van der Waals surface area contributed by atoms with Gasteiger partial charge >= 0.3 is 0 Å². The third-order valence-electron chi connectivity index (χ3n) is 2.30.